The van der Waals surface area contributed by atoms with Crippen LogP contribution in [0.4, 0.5) is 0 Å². The number of thiocarbonyl (C=S) groups is 1. The minimum Gasteiger partial charge on any atom is -0.480 e. The average molecular weight is 304 g/mol. The van der Waals surface area contributed by atoms with E-state index in [1.807, 2.05) is 6.07 Å². The summed E-state index contributed by atoms with van der Waals surface area (Å²) in [5.41, 5.74) is 1.28. The number of carbonyl (C=O) groups is 2. The molecule has 0 unspecified atom stereocenters. The molecule has 0 aliphatic carbocycles. The van der Waals surface area contributed by atoms with Crippen molar-refractivity contribution >= 4 is 46.3 Å². The summed E-state index contributed by atoms with van der Waals surface area (Å²) in [6, 6.07) is 8.71. The Morgan fingerprint density at radius 3 is 2.65 bits per heavy atom. The van der Waals surface area contributed by atoms with Crippen molar-refractivity contribution in [2.45, 2.75) is 0 Å². The first-order valence-corrected chi connectivity index (χ1v) is 6.71. The molecule has 1 aliphatic heterocycles. The normalized spacial score (nSPS) is 16.6. The van der Waals surface area contributed by atoms with E-state index in [1.165, 1.54) is 0 Å². The fraction of sp³-hybridized carbons (Fsp3) is 0.0769. The molecule has 0 atom stereocenters. The van der Waals surface area contributed by atoms with Gasteiger partial charge in [-0.05, 0) is 23.8 Å². The molecule has 0 aromatic heterocycles. The summed E-state index contributed by atoms with van der Waals surface area (Å²) < 4.78 is 0.234. The van der Waals surface area contributed by atoms with Crippen molar-refractivity contribution in [1.29, 1.82) is 5.26 Å². The molecule has 2 rings (SSSR count). The molecule has 1 aromatic carbocycles. The minimum atomic E-state index is -1.11. The summed E-state index contributed by atoms with van der Waals surface area (Å²) in [4.78, 5) is 24.1. The van der Waals surface area contributed by atoms with E-state index >= 15 is 0 Å². The van der Waals surface area contributed by atoms with E-state index in [-0.39, 0.29) is 4.32 Å². The molecule has 1 fully saturated rings. The van der Waals surface area contributed by atoms with E-state index < -0.39 is 18.4 Å². The van der Waals surface area contributed by atoms with E-state index in [2.05, 4.69) is 0 Å². The van der Waals surface area contributed by atoms with Gasteiger partial charge in [0.25, 0.3) is 5.91 Å². The minimum absolute atomic E-state index is 0.234. The molecule has 0 spiro atoms. The molecule has 1 aromatic rings. The van der Waals surface area contributed by atoms with Crippen LogP contribution in [0, 0.1) is 11.3 Å². The molecule has 5 nitrogen and oxygen atoms in total. The fourth-order valence-corrected chi connectivity index (χ4v) is 2.83. The molecule has 1 heterocycles. The third-order valence-corrected chi connectivity index (χ3v) is 3.88. The van der Waals surface area contributed by atoms with Gasteiger partial charge >= 0.3 is 5.97 Å². The first-order valence-electron chi connectivity index (χ1n) is 5.48. The van der Waals surface area contributed by atoms with Gasteiger partial charge in [0.1, 0.15) is 10.9 Å². The van der Waals surface area contributed by atoms with Gasteiger partial charge in [-0.3, -0.25) is 14.5 Å². The molecule has 1 aliphatic rings. The van der Waals surface area contributed by atoms with Crippen LogP contribution in [0.2, 0.25) is 0 Å². The van der Waals surface area contributed by atoms with Crippen LogP contribution in [0.5, 0.6) is 0 Å². The summed E-state index contributed by atoms with van der Waals surface area (Å²) in [6.07, 6.45) is 1.63. The van der Waals surface area contributed by atoms with Gasteiger partial charge in [0.05, 0.1) is 16.5 Å². The zero-order chi connectivity index (χ0) is 14.7. The van der Waals surface area contributed by atoms with Crippen LogP contribution in [0.1, 0.15) is 11.1 Å². The van der Waals surface area contributed by atoms with Crippen molar-refractivity contribution in [3.8, 4) is 6.07 Å². The Labute approximate surface area is 124 Å². The maximum Gasteiger partial charge on any atom is 0.323 e. The van der Waals surface area contributed by atoms with Crippen molar-refractivity contribution in [3.05, 3.63) is 40.3 Å². The van der Waals surface area contributed by atoms with Gasteiger partial charge in [-0.25, -0.2) is 0 Å². The highest BCUT2D eigenvalue weighted by molar-refractivity contribution is 8.26. The van der Waals surface area contributed by atoms with E-state index in [9.17, 15) is 9.59 Å². The third kappa shape index (κ3) is 3.04. The number of thioether (sulfide) groups is 1. The number of nitriles is 1. The number of aliphatic carboxylic acids is 1. The van der Waals surface area contributed by atoms with Crippen LogP contribution in [0.15, 0.2) is 29.2 Å². The average Bonchev–Trinajstić information content (AvgIpc) is 2.67. The lowest BCUT2D eigenvalue weighted by Gasteiger charge is -2.10. The topological polar surface area (TPSA) is 81.4 Å². The first-order chi connectivity index (χ1) is 9.51. The molecule has 1 saturated heterocycles. The Morgan fingerprint density at radius 1 is 1.45 bits per heavy atom. The number of carboxylic acids is 1. The molecule has 7 heteroatoms. The summed E-state index contributed by atoms with van der Waals surface area (Å²) in [6.45, 7) is -0.435. The predicted octanol–water partition coefficient (Wildman–Crippen LogP) is 1.84. The maximum absolute atomic E-state index is 12.0. The SMILES string of the molecule is N#Cc1ccc(/C=C2/SC(=S)N(CC(=O)O)C2=O)cc1. The quantitative estimate of drug-likeness (QED) is 0.678. The second-order valence-electron chi connectivity index (χ2n) is 3.90. The second-order valence-corrected chi connectivity index (χ2v) is 5.57. The van der Waals surface area contributed by atoms with Crippen molar-refractivity contribution in [2.24, 2.45) is 0 Å². The largest absolute Gasteiger partial charge is 0.480 e. The lowest BCUT2D eigenvalue weighted by Crippen LogP contribution is -2.33. The van der Waals surface area contributed by atoms with Gasteiger partial charge in [0.2, 0.25) is 0 Å². The van der Waals surface area contributed by atoms with E-state index in [0.717, 1.165) is 22.2 Å². The number of rotatable bonds is 3. The van der Waals surface area contributed by atoms with E-state index in [4.69, 9.17) is 22.6 Å². The molecule has 1 N–H and O–H groups in total. The van der Waals surface area contributed by atoms with Crippen LogP contribution < -0.4 is 0 Å². The molecular weight excluding hydrogens is 296 g/mol. The number of hydrogen-bond acceptors (Lipinski definition) is 5. The van der Waals surface area contributed by atoms with Gasteiger partial charge in [-0.2, -0.15) is 5.26 Å². The standard InChI is InChI=1S/C13H8N2O3S2/c14-6-9-3-1-8(2-4-9)5-10-12(18)15(7-11(16)17)13(19)20-10/h1-5H,7H2,(H,16,17)/b10-5+. The maximum atomic E-state index is 12.0. The Balaban J connectivity index is 2.23. The Bertz CT molecular complexity index is 659. The zero-order valence-corrected chi connectivity index (χ0v) is 11.7. The predicted molar refractivity (Wildman–Crippen MR) is 78.7 cm³/mol. The summed E-state index contributed by atoms with van der Waals surface area (Å²) in [7, 11) is 0. The van der Waals surface area contributed by atoms with Crippen LogP contribution in [0.25, 0.3) is 6.08 Å². The number of benzene rings is 1. The highest BCUT2D eigenvalue weighted by Crippen LogP contribution is 2.32. The Morgan fingerprint density at radius 2 is 2.10 bits per heavy atom. The van der Waals surface area contributed by atoms with Crippen LogP contribution in [0.3, 0.4) is 0 Å². The van der Waals surface area contributed by atoms with Gasteiger partial charge in [0.15, 0.2) is 0 Å². The smallest absolute Gasteiger partial charge is 0.323 e. The first kappa shape index (κ1) is 14.2. The molecule has 0 saturated carbocycles. The van der Waals surface area contributed by atoms with Gasteiger partial charge in [-0.15, -0.1) is 0 Å². The van der Waals surface area contributed by atoms with Crippen molar-refractivity contribution in [1.82, 2.24) is 4.90 Å². The summed E-state index contributed by atoms with van der Waals surface area (Å²) in [5.74, 6) is -1.52. The van der Waals surface area contributed by atoms with Gasteiger partial charge in [-0.1, -0.05) is 36.1 Å². The molecule has 0 radical (unpaired) electrons. The van der Waals surface area contributed by atoms with E-state index in [1.54, 1.807) is 30.3 Å². The number of carboxylic acid groups (broad SMARTS) is 1. The van der Waals surface area contributed by atoms with Crippen molar-refractivity contribution in [3.63, 3.8) is 0 Å². The summed E-state index contributed by atoms with van der Waals surface area (Å²) in [5, 5.41) is 17.4. The second kappa shape index (κ2) is 5.86. The number of amides is 1. The van der Waals surface area contributed by atoms with Crippen LogP contribution >= 0.6 is 24.0 Å². The highest BCUT2D eigenvalue weighted by Gasteiger charge is 2.33. The zero-order valence-electron chi connectivity index (χ0n) is 10.1. The monoisotopic (exact) mass is 304 g/mol. The summed E-state index contributed by atoms with van der Waals surface area (Å²) >= 11 is 6.06. The van der Waals surface area contributed by atoms with Crippen molar-refractivity contribution in [2.75, 3.05) is 6.54 Å². The Hall–Kier alpha value is -2.17. The number of carbonyl (C=O) groups excluding carboxylic acids is 1. The van der Waals surface area contributed by atoms with Crippen molar-refractivity contribution < 1.29 is 14.7 Å². The number of nitrogens with zero attached hydrogens (tertiary/aromatic N) is 2. The molecular formula is C13H8N2O3S2. The van der Waals surface area contributed by atoms with Gasteiger partial charge < -0.3 is 5.11 Å². The molecule has 20 heavy (non-hydrogen) atoms. The van der Waals surface area contributed by atoms with E-state index in [0.29, 0.717) is 10.5 Å². The van der Waals surface area contributed by atoms with Gasteiger partial charge in [0, 0.05) is 0 Å². The lowest BCUT2D eigenvalue weighted by atomic mass is 10.1. The highest BCUT2D eigenvalue weighted by atomic mass is 32.2. The molecule has 100 valence electrons. The third-order valence-electron chi connectivity index (χ3n) is 2.50. The van der Waals surface area contributed by atoms with Crippen LogP contribution in [-0.2, 0) is 9.59 Å². The Kier molecular flexibility index (Phi) is 4.17. The van der Waals surface area contributed by atoms with Crippen LogP contribution in [-0.4, -0.2) is 32.7 Å². The number of hydrogen-bond donors (Lipinski definition) is 1. The fourth-order valence-electron chi connectivity index (χ4n) is 1.58. The lowest BCUT2D eigenvalue weighted by molar-refractivity contribution is -0.140. The molecule has 1 amide bonds. The molecule has 0 bridgehead atoms.